The highest BCUT2D eigenvalue weighted by molar-refractivity contribution is 9.10. The molecule has 1 saturated heterocycles. The van der Waals surface area contributed by atoms with Crippen LogP contribution in [0.5, 0.6) is 0 Å². The van der Waals surface area contributed by atoms with Gasteiger partial charge in [0.15, 0.2) is 0 Å². The molecule has 2 N–H and O–H groups in total. The average molecular weight is 372 g/mol. The maximum Gasteiger partial charge on any atom is 0.0548 e. The van der Waals surface area contributed by atoms with Crippen LogP contribution in [0.25, 0.3) is 0 Å². The van der Waals surface area contributed by atoms with Gasteiger partial charge in [0.25, 0.3) is 0 Å². The van der Waals surface area contributed by atoms with Crippen molar-refractivity contribution in [2.24, 2.45) is 11.1 Å². The van der Waals surface area contributed by atoms with E-state index in [1.54, 1.807) is 0 Å². The average Bonchev–Trinajstić information content (AvgIpc) is 2.94. The van der Waals surface area contributed by atoms with Crippen molar-refractivity contribution in [3.63, 3.8) is 0 Å². The maximum absolute atomic E-state index is 6.10. The minimum Gasteiger partial charge on any atom is -0.329 e. The second-order valence-electron chi connectivity index (χ2n) is 6.67. The first-order valence-corrected chi connectivity index (χ1v) is 9.20. The van der Waals surface area contributed by atoms with Crippen molar-refractivity contribution in [2.75, 3.05) is 19.6 Å². The Morgan fingerprint density at radius 2 is 1.86 bits per heavy atom. The SMILES string of the molecule is NCC(c1ccc(Cl)c(Br)c1)N1CCC2(CCCC2)CC1. The quantitative estimate of drug-likeness (QED) is 0.830. The number of rotatable bonds is 3. The Labute approximate surface area is 141 Å². The van der Waals surface area contributed by atoms with Gasteiger partial charge in [-0.25, -0.2) is 0 Å². The summed E-state index contributed by atoms with van der Waals surface area (Å²) in [6.07, 6.45) is 8.45. The van der Waals surface area contributed by atoms with E-state index in [-0.39, 0.29) is 0 Å². The van der Waals surface area contributed by atoms with Crippen LogP contribution in [0.15, 0.2) is 22.7 Å². The molecule has 1 unspecified atom stereocenters. The monoisotopic (exact) mass is 370 g/mol. The third kappa shape index (κ3) is 3.31. The van der Waals surface area contributed by atoms with Crippen LogP contribution < -0.4 is 5.73 Å². The molecule has 0 amide bonds. The number of piperidine rings is 1. The van der Waals surface area contributed by atoms with Gasteiger partial charge in [0.05, 0.1) is 5.02 Å². The molecule has 0 radical (unpaired) electrons. The smallest absolute Gasteiger partial charge is 0.0548 e. The third-order valence-corrected chi connectivity index (χ3v) is 6.73. The number of likely N-dealkylation sites (tertiary alicyclic amines) is 1. The Hall–Kier alpha value is -0.0900. The standard InChI is InChI=1S/C17H24BrClN2/c18-14-11-13(3-4-15(14)19)16(12-20)21-9-7-17(8-10-21)5-1-2-6-17/h3-4,11,16H,1-2,5-10,12,20H2. The topological polar surface area (TPSA) is 29.3 Å². The van der Waals surface area contributed by atoms with Gasteiger partial charge in [0, 0.05) is 17.1 Å². The molecule has 2 nitrogen and oxygen atoms in total. The van der Waals surface area contributed by atoms with Crippen molar-refractivity contribution < 1.29 is 0 Å². The molecule has 4 heteroatoms. The molecule has 1 saturated carbocycles. The molecule has 1 atom stereocenters. The fraction of sp³-hybridized carbons (Fsp3) is 0.647. The Kier molecular flexibility index (Phi) is 4.94. The van der Waals surface area contributed by atoms with E-state index in [0.717, 1.165) is 9.50 Å². The summed E-state index contributed by atoms with van der Waals surface area (Å²) in [7, 11) is 0. The molecule has 0 bridgehead atoms. The van der Waals surface area contributed by atoms with Crippen LogP contribution in [-0.4, -0.2) is 24.5 Å². The molecule has 0 aromatic heterocycles. The summed E-state index contributed by atoms with van der Waals surface area (Å²) in [6.45, 7) is 3.03. The molecule has 2 fully saturated rings. The molecule has 21 heavy (non-hydrogen) atoms. The normalized spacial score (nSPS) is 23.6. The summed E-state index contributed by atoms with van der Waals surface area (Å²) < 4.78 is 0.962. The molecule has 3 rings (SSSR count). The van der Waals surface area contributed by atoms with E-state index < -0.39 is 0 Å². The number of hydrogen-bond donors (Lipinski definition) is 1. The minimum absolute atomic E-state index is 0.317. The first-order chi connectivity index (χ1) is 10.1. The van der Waals surface area contributed by atoms with E-state index in [1.807, 2.05) is 6.07 Å². The van der Waals surface area contributed by atoms with Gasteiger partial charge in [0.2, 0.25) is 0 Å². The molecule has 1 aromatic carbocycles. The fourth-order valence-electron chi connectivity index (χ4n) is 4.15. The molecule has 1 aliphatic carbocycles. The van der Waals surface area contributed by atoms with Crippen LogP contribution in [0.3, 0.4) is 0 Å². The first-order valence-electron chi connectivity index (χ1n) is 8.03. The minimum atomic E-state index is 0.317. The molecular formula is C17H24BrClN2. The largest absolute Gasteiger partial charge is 0.329 e. The van der Waals surface area contributed by atoms with E-state index in [4.69, 9.17) is 17.3 Å². The van der Waals surface area contributed by atoms with Crippen molar-refractivity contribution in [3.8, 4) is 0 Å². The van der Waals surface area contributed by atoms with Crippen LogP contribution >= 0.6 is 27.5 Å². The Bertz CT molecular complexity index is 490. The summed E-state index contributed by atoms with van der Waals surface area (Å²) in [5, 5.41) is 0.762. The summed E-state index contributed by atoms with van der Waals surface area (Å²) >= 11 is 9.63. The number of hydrogen-bond acceptors (Lipinski definition) is 2. The molecule has 1 spiro atoms. The lowest BCUT2D eigenvalue weighted by atomic mass is 9.76. The molecule has 1 heterocycles. The molecule has 1 aliphatic heterocycles. The van der Waals surface area contributed by atoms with E-state index in [0.29, 0.717) is 18.0 Å². The summed E-state index contributed by atoms with van der Waals surface area (Å²) in [6, 6.07) is 6.52. The van der Waals surface area contributed by atoms with Crippen LogP contribution in [0, 0.1) is 5.41 Å². The van der Waals surface area contributed by atoms with Crippen LogP contribution in [0.1, 0.15) is 50.1 Å². The van der Waals surface area contributed by atoms with Crippen LogP contribution in [0.4, 0.5) is 0 Å². The van der Waals surface area contributed by atoms with E-state index in [1.165, 1.54) is 57.2 Å². The Balaban J connectivity index is 1.70. The number of benzene rings is 1. The summed E-state index contributed by atoms with van der Waals surface area (Å²) in [4.78, 5) is 2.57. The van der Waals surface area contributed by atoms with Crippen molar-refractivity contribution in [2.45, 2.75) is 44.6 Å². The van der Waals surface area contributed by atoms with E-state index >= 15 is 0 Å². The van der Waals surface area contributed by atoms with Gasteiger partial charge in [-0.3, -0.25) is 4.90 Å². The summed E-state index contributed by atoms with van der Waals surface area (Å²) in [5.74, 6) is 0. The molecule has 116 valence electrons. The molecule has 2 aliphatic rings. The van der Waals surface area contributed by atoms with Gasteiger partial charge in [-0.1, -0.05) is 30.5 Å². The zero-order valence-corrected chi connectivity index (χ0v) is 14.8. The van der Waals surface area contributed by atoms with Gasteiger partial charge in [-0.2, -0.15) is 0 Å². The van der Waals surface area contributed by atoms with E-state index in [2.05, 4.69) is 33.0 Å². The van der Waals surface area contributed by atoms with Gasteiger partial charge in [-0.05, 0) is 77.8 Å². The number of nitrogens with zero attached hydrogens (tertiary/aromatic N) is 1. The Morgan fingerprint density at radius 3 is 2.43 bits per heavy atom. The molecular weight excluding hydrogens is 348 g/mol. The lowest BCUT2D eigenvalue weighted by Crippen LogP contribution is -2.43. The predicted octanol–water partition coefficient (Wildman–Crippen LogP) is 4.76. The lowest BCUT2D eigenvalue weighted by molar-refractivity contribution is 0.0780. The van der Waals surface area contributed by atoms with Crippen molar-refractivity contribution in [1.82, 2.24) is 4.90 Å². The van der Waals surface area contributed by atoms with Crippen molar-refractivity contribution in [1.29, 1.82) is 0 Å². The van der Waals surface area contributed by atoms with Gasteiger partial charge >= 0.3 is 0 Å². The van der Waals surface area contributed by atoms with E-state index in [9.17, 15) is 0 Å². The number of halogens is 2. The first kappa shape index (κ1) is 15.8. The zero-order chi connectivity index (χ0) is 14.9. The number of nitrogens with two attached hydrogens (primary N) is 1. The fourth-order valence-corrected chi connectivity index (χ4v) is 4.66. The highest BCUT2D eigenvalue weighted by Gasteiger charge is 2.38. The van der Waals surface area contributed by atoms with Crippen LogP contribution in [-0.2, 0) is 0 Å². The van der Waals surface area contributed by atoms with Gasteiger partial charge < -0.3 is 5.73 Å². The zero-order valence-electron chi connectivity index (χ0n) is 12.5. The van der Waals surface area contributed by atoms with Gasteiger partial charge in [0.1, 0.15) is 0 Å². The van der Waals surface area contributed by atoms with Crippen molar-refractivity contribution >= 4 is 27.5 Å². The Morgan fingerprint density at radius 1 is 1.19 bits per heavy atom. The molecule has 1 aromatic rings. The third-order valence-electron chi connectivity index (χ3n) is 5.52. The summed E-state index contributed by atoms with van der Waals surface area (Å²) in [5.41, 5.74) is 8.02. The lowest BCUT2D eigenvalue weighted by Gasteiger charge is -2.42. The highest BCUT2D eigenvalue weighted by Crippen LogP contribution is 2.47. The second-order valence-corrected chi connectivity index (χ2v) is 7.93. The van der Waals surface area contributed by atoms with Gasteiger partial charge in [-0.15, -0.1) is 0 Å². The second kappa shape index (κ2) is 6.57. The van der Waals surface area contributed by atoms with Crippen molar-refractivity contribution in [3.05, 3.63) is 33.3 Å². The maximum atomic E-state index is 6.10. The van der Waals surface area contributed by atoms with Crippen LogP contribution in [0.2, 0.25) is 5.02 Å². The predicted molar refractivity (Wildman–Crippen MR) is 92.7 cm³/mol. The highest BCUT2D eigenvalue weighted by atomic mass is 79.9.